The predicted octanol–water partition coefficient (Wildman–Crippen LogP) is 10.7. The molecule has 3 unspecified atom stereocenters. The Labute approximate surface area is 346 Å². The molecule has 59 heavy (non-hydrogen) atoms. The van der Waals surface area contributed by atoms with Crippen molar-refractivity contribution in [3.63, 3.8) is 0 Å². The van der Waals surface area contributed by atoms with Crippen molar-refractivity contribution in [1.29, 1.82) is 0 Å². The lowest BCUT2D eigenvalue weighted by molar-refractivity contribution is 0.753. The van der Waals surface area contributed by atoms with E-state index >= 15 is 0 Å². The highest BCUT2D eigenvalue weighted by Gasteiger charge is 2.48. The highest BCUT2D eigenvalue weighted by molar-refractivity contribution is 6.96. The van der Waals surface area contributed by atoms with E-state index in [0.717, 1.165) is 18.5 Å². The molecule has 1 aromatic heterocycles. The van der Waals surface area contributed by atoms with Crippen molar-refractivity contribution in [2.45, 2.75) is 37.5 Å². The molecule has 13 rings (SSSR count). The van der Waals surface area contributed by atoms with Crippen molar-refractivity contribution in [1.82, 2.24) is 4.98 Å². The van der Waals surface area contributed by atoms with E-state index in [2.05, 4.69) is 177 Å². The van der Waals surface area contributed by atoms with Gasteiger partial charge in [0, 0.05) is 29.5 Å². The molecule has 2 heteroatoms. The molecule has 7 aromatic carbocycles. The summed E-state index contributed by atoms with van der Waals surface area (Å²) in [4.78, 5) is 4.88. The van der Waals surface area contributed by atoms with Crippen LogP contribution < -0.4 is 16.4 Å². The first-order valence-electron chi connectivity index (χ1n) is 21.3. The minimum Gasteiger partial charge on any atom is -0.256 e. The molecular formula is C57H40BN. The van der Waals surface area contributed by atoms with Crippen LogP contribution in [0.3, 0.4) is 0 Å². The number of aryl methyl sites for hydroxylation is 1. The number of hydrogen-bond donors (Lipinski definition) is 0. The van der Waals surface area contributed by atoms with Crippen molar-refractivity contribution < 1.29 is 0 Å². The summed E-state index contributed by atoms with van der Waals surface area (Å²) in [5, 5.41) is 0. The van der Waals surface area contributed by atoms with E-state index in [4.69, 9.17) is 4.98 Å². The second-order valence-electron chi connectivity index (χ2n) is 17.2. The molecule has 0 amide bonds. The van der Waals surface area contributed by atoms with Crippen molar-refractivity contribution in [2.24, 2.45) is 0 Å². The largest absolute Gasteiger partial charge is 0.256 e. The zero-order valence-electron chi connectivity index (χ0n) is 33.0. The van der Waals surface area contributed by atoms with E-state index in [1.807, 2.05) is 12.3 Å². The predicted molar refractivity (Wildman–Crippen MR) is 244 cm³/mol. The SMILES string of the molecule is Cc1cc(-c2ccccn2)cc2c1B(c1cccc3c1CC1=C3c3ccccc3C1c1ccccc1)c1cccc3c1C(C2)C1=C3c2ccccc2C1c1ccccc1. The van der Waals surface area contributed by atoms with Crippen molar-refractivity contribution in [3.05, 3.63) is 260 Å². The van der Waals surface area contributed by atoms with Gasteiger partial charge in [0.05, 0.1) is 5.69 Å². The van der Waals surface area contributed by atoms with Crippen LogP contribution in [0.15, 0.2) is 193 Å². The number of nitrogens with zero attached hydrogens (tertiary/aromatic N) is 1. The Balaban J connectivity index is 1.06. The van der Waals surface area contributed by atoms with E-state index in [9.17, 15) is 0 Å². The Bertz CT molecular complexity index is 3120. The van der Waals surface area contributed by atoms with Crippen molar-refractivity contribution in [3.8, 4) is 11.3 Å². The van der Waals surface area contributed by atoms with E-state index in [1.165, 1.54) is 99.9 Å². The van der Waals surface area contributed by atoms with Gasteiger partial charge in [0.1, 0.15) is 0 Å². The Morgan fingerprint density at radius 1 is 0.542 bits per heavy atom. The van der Waals surface area contributed by atoms with Crippen LogP contribution in [0, 0.1) is 6.92 Å². The smallest absolute Gasteiger partial charge is 0.242 e. The highest BCUT2D eigenvalue weighted by atomic mass is 14.7. The zero-order chi connectivity index (χ0) is 38.8. The summed E-state index contributed by atoms with van der Waals surface area (Å²) in [5.74, 6) is 0.736. The second kappa shape index (κ2) is 12.6. The molecule has 0 saturated heterocycles. The lowest BCUT2D eigenvalue weighted by atomic mass is 9.34. The molecule has 1 nitrogen and oxygen atoms in total. The standard InChI is InChI=1S/C57H40BN/c1-34-30-37(50-28-12-13-29-59-50)31-38-32-46-54-44(55-42-23-11-9-21-40(42)52(56(46)55)36-18-6-3-7-19-36)25-15-27-49(54)58(57(34)38)48-26-14-24-43-45(48)33-47-51(35-16-4-2-5-17-35)39-20-8-10-22-41(39)53(43)47/h2-31,46,51-52H,32-33H2,1H3. The normalized spacial score (nSPS) is 18.8. The molecule has 0 bridgehead atoms. The quantitative estimate of drug-likeness (QED) is 0.163. The van der Waals surface area contributed by atoms with Gasteiger partial charge in [-0.2, -0.15) is 0 Å². The topological polar surface area (TPSA) is 12.9 Å². The first kappa shape index (κ1) is 33.2. The summed E-state index contributed by atoms with van der Waals surface area (Å²) >= 11 is 0. The molecule has 0 N–H and O–H groups in total. The van der Waals surface area contributed by atoms with E-state index in [1.54, 1.807) is 11.1 Å². The van der Waals surface area contributed by atoms with Gasteiger partial charge in [-0.1, -0.05) is 191 Å². The minimum atomic E-state index is 0.0913. The number of fused-ring (bicyclic) bond motifs is 9. The third-order valence-electron chi connectivity index (χ3n) is 14.4. The van der Waals surface area contributed by atoms with Crippen LogP contribution in [-0.4, -0.2) is 11.7 Å². The summed E-state index contributed by atoms with van der Waals surface area (Å²) in [6.45, 7) is 2.45. The van der Waals surface area contributed by atoms with Gasteiger partial charge in [-0.05, 0) is 110 Å². The molecular weight excluding hydrogens is 709 g/mol. The molecule has 276 valence electrons. The fourth-order valence-electron chi connectivity index (χ4n) is 12.3. The average molecular weight is 750 g/mol. The van der Waals surface area contributed by atoms with Crippen LogP contribution >= 0.6 is 0 Å². The average Bonchev–Trinajstić information content (AvgIpc) is 3.99. The van der Waals surface area contributed by atoms with Gasteiger partial charge in [-0.3, -0.25) is 4.98 Å². The molecule has 8 aromatic rings. The minimum absolute atomic E-state index is 0.0913. The Morgan fingerprint density at radius 2 is 1.17 bits per heavy atom. The van der Waals surface area contributed by atoms with Gasteiger partial charge < -0.3 is 0 Å². The van der Waals surface area contributed by atoms with Gasteiger partial charge >= 0.3 is 0 Å². The number of pyridine rings is 1. The van der Waals surface area contributed by atoms with Crippen LogP contribution in [0.4, 0.5) is 0 Å². The summed E-state index contributed by atoms with van der Waals surface area (Å²) in [6.07, 6.45) is 3.85. The maximum Gasteiger partial charge on any atom is 0.242 e. The van der Waals surface area contributed by atoms with E-state index < -0.39 is 0 Å². The number of aromatic nitrogens is 1. The zero-order valence-corrected chi connectivity index (χ0v) is 33.0. The van der Waals surface area contributed by atoms with Crippen molar-refractivity contribution >= 4 is 34.2 Å². The maximum atomic E-state index is 4.88. The molecule has 4 aliphatic carbocycles. The summed E-state index contributed by atoms with van der Waals surface area (Å²) in [7, 11) is 0. The van der Waals surface area contributed by atoms with Crippen LogP contribution in [0.5, 0.6) is 0 Å². The second-order valence-corrected chi connectivity index (χ2v) is 17.2. The fraction of sp³-hybridized carbons (Fsp3) is 0.105. The number of hydrogen-bond acceptors (Lipinski definition) is 1. The first-order chi connectivity index (χ1) is 29.2. The molecule has 2 heterocycles. The fourth-order valence-corrected chi connectivity index (χ4v) is 12.3. The lowest BCUT2D eigenvalue weighted by Gasteiger charge is -2.26. The van der Waals surface area contributed by atoms with Gasteiger partial charge in [0.15, 0.2) is 0 Å². The lowest BCUT2D eigenvalue weighted by Crippen LogP contribution is -2.55. The van der Waals surface area contributed by atoms with Crippen molar-refractivity contribution in [2.75, 3.05) is 0 Å². The molecule has 0 radical (unpaired) electrons. The Hall–Kier alpha value is -6.77. The number of rotatable bonds is 4. The molecule has 5 aliphatic rings. The highest BCUT2D eigenvalue weighted by Crippen LogP contribution is 2.59. The monoisotopic (exact) mass is 749 g/mol. The Morgan fingerprint density at radius 3 is 1.92 bits per heavy atom. The molecule has 3 atom stereocenters. The van der Waals surface area contributed by atoms with Gasteiger partial charge in [-0.25, -0.2) is 0 Å². The van der Waals surface area contributed by atoms with E-state index in [0.29, 0.717) is 0 Å². The van der Waals surface area contributed by atoms with Crippen LogP contribution in [0.1, 0.15) is 84.5 Å². The molecule has 0 fully saturated rings. The first-order valence-corrected chi connectivity index (χ1v) is 21.3. The third-order valence-corrected chi connectivity index (χ3v) is 14.4. The van der Waals surface area contributed by atoms with E-state index in [-0.39, 0.29) is 24.5 Å². The van der Waals surface area contributed by atoms with Crippen LogP contribution in [0.2, 0.25) is 0 Å². The van der Waals surface area contributed by atoms with Crippen LogP contribution in [-0.2, 0) is 12.8 Å². The van der Waals surface area contributed by atoms with Crippen LogP contribution in [0.25, 0.3) is 22.4 Å². The Kier molecular flexibility index (Phi) is 7.11. The maximum absolute atomic E-state index is 4.88. The van der Waals surface area contributed by atoms with Gasteiger partial charge in [-0.15, -0.1) is 0 Å². The number of benzene rings is 7. The molecule has 0 saturated carbocycles. The number of allylic oxidation sites excluding steroid dienone is 2. The summed E-state index contributed by atoms with van der Waals surface area (Å²) in [5.41, 5.74) is 29.8. The van der Waals surface area contributed by atoms with Gasteiger partial charge in [0.2, 0.25) is 6.71 Å². The molecule has 0 spiro atoms. The summed E-state index contributed by atoms with van der Waals surface area (Å²) < 4.78 is 0. The summed E-state index contributed by atoms with van der Waals surface area (Å²) in [6, 6.07) is 66.6. The van der Waals surface area contributed by atoms with Gasteiger partial charge in [0.25, 0.3) is 0 Å². The third kappa shape index (κ3) is 4.66. The molecule has 1 aliphatic heterocycles.